The molecule has 12 heteroatoms. The van der Waals surface area contributed by atoms with E-state index in [1.807, 2.05) is 0 Å². The zero-order chi connectivity index (χ0) is 23.1. The fourth-order valence-electron chi connectivity index (χ4n) is 2.74. The first kappa shape index (κ1) is 23.8. The third-order valence-electron chi connectivity index (χ3n) is 3.99. The van der Waals surface area contributed by atoms with Gasteiger partial charge >= 0.3 is 12.1 Å². The van der Waals surface area contributed by atoms with Crippen molar-refractivity contribution in [2.24, 2.45) is 0 Å². The highest BCUT2D eigenvalue weighted by atomic mass is 32.2. The van der Waals surface area contributed by atoms with Crippen LogP contribution in [0.1, 0.15) is 12.6 Å². The molecule has 0 bridgehead atoms. The molecule has 170 valence electrons. The number of amides is 1. The molecule has 3 rings (SSSR count). The number of aromatic nitrogens is 3. The Morgan fingerprint density at radius 1 is 1.25 bits per heavy atom. The summed E-state index contributed by atoms with van der Waals surface area (Å²) in [4.78, 5) is 32.0. The number of nitrogens with one attached hydrogen (secondary N) is 1. The van der Waals surface area contributed by atoms with Crippen LogP contribution in [0.25, 0.3) is 11.3 Å². The third kappa shape index (κ3) is 6.82. The molecule has 0 saturated heterocycles. The number of benzene rings is 1. The number of nitrogens with zero attached hydrogens (tertiary/aromatic N) is 3. The number of ether oxygens (including phenoxy) is 1. The Morgan fingerprint density at radius 2 is 2.00 bits per heavy atom. The molecule has 7 nitrogen and oxygen atoms in total. The lowest BCUT2D eigenvalue weighted by Gasteiger charge is -2.14. The molecule has 1 N–H and O–H groups in total. The number of anilines is 1. The van der Waals surface area contributed by atoms with Crippen LogP contribution in [0.15, 0.2) is 47.1 Å². The number of thioether (sulfide) groups is 1. The molecule has 3 aromatic rings. The predicted octanol–water partition coefficient (Wildman–Crippen LogP) is 4.41. The molecule has 0 saturated carbocycles. The van der Waals surface area contributed by atoms with Gasteiger partial charge in [-0.25, -0.2) is 9.97 Å². The number of esters is 1. The van der Waals surface area contributed by atoms with Crippen LogP contribution in [-0.4, -0.2) is 44.9 Å². The van der Waals surface area contributed by atoms with Gasteiger partial charge in [0.25, 0.3) is 0 Å². The van der Waals surface area contributed by atoms with E-state index in [-0.39, 0.29) is 23.9 Å². The van der Waals surface area contributed by atoms with Gasteiger partial charge < -0.3 is 14.6 Å². The second-order valence-electron chi connectivity index (χ2n) is 6.46. The van der Waals surface area contributed by atoms with Crippen molar-refractivity contribution in [3.05, 3.63) is 47.6 Å². The minimum atomic E-state index is -4.45. The van der Waals surface area contributed by atoms with E-state index in [1.54, 1.807) is 42.6 Å². The van der Waals surface area contributed by atoms with E-state index >= 15 is 0 Å². The first-order chi connectivity index (χ1) is 15.2. The molecule has 0 radical (unpaired) electrons. The smallest absolute Gasteiger partial charge is 0.406 e. The average Bonchev–Trinajstić information content (AvgIpc) is 3.32. The van der Waals surface area contributed by atoms with Gasteiger partial charge in [0.15, 0.2) is 10.3 Å². The van der Waals surface area contributed by atoms with Crippen LogP contribution in [0.3, 0.4) is 0 Å². The van der Waals surface area contributed by atoms with Gasteiger partial charge in [0, 0.05) is 5.38 Å². The van der Waals surface area contributed by atoms with Crippen molar-refractivity contribution in [3.8, 4) is 11.3 Å². The molecule has 0 aliphatic rings. The van der Waals surface area contributed by atoms with Gasteiger partial charge in [-0.05, 0) is 12.5 Å². The SMILES string of the molecule is CCOC(=O)Cc1csc(NC(=O)CSc2ncc(-c3ccccc3)n2CC(F)(F)F)n1. The number of thiazole rings is 1. The van der Waals surface area contributed by atoms with E-state index in [2.05, 4.69) is 15.3 Å². The van der Waals surface area contributed by atoms with E-state index in [9.17, 15) is 22.8 Å². The van der Waals surface area contributed by atoms with Crippen molar-refractivity contribution in [1.82, 2.24) is 14.5 Å². The summed E-state index contributed by atoms with van der Waals surface area (Å²) >= 11 is 2.04. The summed E-state index contributed by atoms with van der Waals surface area (Å²) in [6.07, 6.45) is -3.09. The number of carbonyl (C=O) groups is 2. The fraction of sp³-hybridized carbons (Fsp3) is 0.300. The van der Waals surface area contributed by atoms with Crippen LogP contribution in [0.2, 0.25) is 0 Å². The number of imidazole rings is 1. The van der Waals surface area contributed by atoms with Gasteiger partial charge in [-0.2, -0.15) is 13.2 Å². The van der Waals surface area contributed by atoms with E-state index in [4.69, 9.17) is 4.74 Å². The average molecular weight is 485 g/mol. The van der Waals surface area contributed by atoms with Crippen molar-refractivity contribution >= 4 is 40.1 Å². The Hall–Kier alpha value is -2.86. The molecule has 1 amide bonds. The Bertz CT molecular complexity index is 1070. The first-order valence-electron chi connectivity index (χ1n) is 9.45. The molecule has 2 heterocycles. The molecule has 0 aliphatic heterocycles. The van der Waals surface area contributed by atoms with Crippen LogP contribution >= 0.6 is 23.1 Å². The predicted molar refractivity (Wildman–Crippen MR) is 116 cm³/mol. The maximum Gasteiger partial charge on any atom is 0.406 e. The van der Waals surface area contributed by atoms with Gasteiger partial charge in [-0.1, -0.05) is 42.1 Å². The van der Waals surface area contributed by atoms with Crippen molar-refractivity contribution in [2.75, 3.05) is 17.7 Å². The highest BCUT2D eigenvalue weighted by molar-refractivity contribution is 7.99. The summed E-state index contributed by atoms with van der Waals surface area (Å²) in [5, 5.41) is 4.58. The molecular weight excluding hydrogens is 465 g/mol. The molecule has 0 unspecified atom stereocenters. The van der Waals surface area contributed by atoms with Crippen molar-refractivity contribution in [2.45, 2.75) is 31.2 Å². The number of hydrogen-bond donors (Lipinski definition) is 1. The zero-order valence-corrected chi connectivity index (χ0v) is 18.5. The molecule has 2 aromatic heterocycles. The molecule has 32 heavy (non-hydrogen) atoms. The van der Waals surface area contributed by atoms with Gasteiger partial charge in [0.05, 0.1) is 36.4 Å². The lowest BCUT2D eigenvalue weighted by atomic mass is 10.2. The van der Waals surface area contributed by atoms with Crippen molar-refractivity contribution < 1.29 is 27.5 Å². The summed E-state index contributed by atoms with van der Waals surface area (Å²) in [6, 6.07) is 8.61. The van der Waals surface area contributed by atoms with Crippen LogP contribution < -0.4 is 5.32 Å². The molecule has 0 fully saturated rings. The lowest BCUT2D eigenvalue weighted by Crippen LogP contribution is -2.20. The number of hydrogen-bond acceptors (Lipinski definition) is 7. The van der Waals surface area contributed by atoms with E-state index < -0.39 is 24.6 Å². The van der Waals surface area contributed by atoms with Gasteiger partial charge in [-0.15, -0.1) is 11.3 Å². The minimum Gasteiger partial charge on any atom is -0.466 e. The summed E-state index contributed by atoms with van der Waals surface area (Å²) in [5.41, 5.74) is 1.37. The summed E-state index contributed by atoms with van der Waals surface area (Å²) < 4.78 is 45.3. The molecule has 1 aromatic carbocycles. The third-order valence-corrected chi connectivity index (χ3v) is 5.78. The Morgan fingerprint density at radius 3 is 2.69 bits per heavy atom. The second-order valence-corrected chi connectivity index (χ2v) is 8.26. The Labute approximate surface area is 190 Å². The maximum atomic E-state index is 13.1. The molecule has 0 atom stereocenters. The number of alkyl halides is 3. The molecular formula is C20H19F3N4O3S2. The van der Waals surface area contributed by atoms with E-state index in [0.29, 0.717) is 22.1 Å². The van der Waals surface area contributed by atoms with Crippen LogP contribution in [0, 0.1) is 0 Å². The number of rotatable bonds is 9. The van der Waals surface area contributed by atoms with E-state index in [0.717, 1.165) is 27.7 Å². The quantitative estimate of drug-likeness (QED) is 0.358. The van der Waals surface area contributed by atoms with E-state index in [1.165, 1.54) is 6.20 Å². The van der Waals surface area contributed by atoms with Gasteiger partial charge in [0.2, 0.25) is 5.91 Å². The highest BCUT2D eigenvalue weighted by Gasteiger charge is 2.31. The normalized spacial score (nSPS) is 11.4. The lowest BCUT2D eigenvalue weighted by molar-refractivity contribution is -0.143. The van der Waals surface area contributed by atoms with Gasteiger partial charge in [-0.3, -0.25) is 9.59 Å². The van der Waals surface area contributed by atoms with Crippen LogP contribution in [0.4, 0.5) is 18.3 Å². The molecule has 0 aliphatic carbocycles. The van der Waals surface area contributed by atoms with Crippen LogP contribution in [-0.2, 0) is 27.3 Å². The summed E-state index contributed by atoms with van der Waals surface area (Å²) in [7, 11) is 0. The molecule has 0 spiro atoms. The minimum absolute atomic E-state index is 0.00784. The first-order valence-corrected chi connectivity index (χ1v) is 11.3. The maximum absolute atomic E-state index is 13.1. The van der Waals surface area contributed by atoms with Crippen molar-refractivity contribution in [3.63, 3.8) is 0 Å². The van der Waals surface area contributed by atoms with Crippen molar-refractivity contribution in [1.29, 1.82) is 0 Å². The second kappa shape index (κ2) is 10.6. The monoisotopic (exact) mass is 484 g/mol. The Kier molecular flexibility index (Phi) is 7.91. The topological polar surface area (TPSA) is 86.1 Å². The summed E-state index contributed by atoms with van der Waals surface area (Å²) in [6.45, 7) is 0.746. The summed E-state index contributed by atoms with van der Waals surface area (Å²) in [5.74, 6) is -1.03. The zero-order valence-electron chi connectivity index (χ0n) is 16.9. The van der Waals surface area contributed by atoms with Crippen LogP contribution in [0.5, 0.6) is 0 Å². The standard InChI is InChI=1S/C20H19F3N4O3S2/c1-2-30-17(29)8-14-10-31-18(25-14)26-16(28)11-32-19-24-9-15(13-6-4-3-5-7-13)27(19)12-20(21,22)23/h3-7,9-10H,2,8,11-12H2,1H3,(H,25,26,28). The number of halogens is 3. The fourth-order valence-corrected chi connectivity index (χ4v) is 4.24. The number of carbonyl (C=O) groups excluding carboxylic acids is 2. The highest BCUT2D eigenvalue weighted by Crippen LogP contribution is 2.30. The van der Waals surface area contributed by atoms with Gasteiger partial charge in [0.1, 0.15) is 6.54 Å². The Balaban J connectivity index is 1.65. The largest absolute Gasteiger partial charge is 0.466 e.